The minimum atomic E-state index is 0.672. The summed E-state index contributed by atoms with van der Waals surface area (Å²) in [6, 6.07) is 4.06. The molecule has 0 aliphatic carbocycles. The van der Waals surface area contributed by atoms with Crippen molar-refractivity contribution in [3.8, 4) is 0 Å². The van der Waals surface area contributed by atoms with Gasteiger partial charge in [0, 0.05) is 37.4 Å². The summed E-state index contributed by atoms with van der Waals surface area (Å²) in [6.07, 6.45) is 3.71. The molecule has 0 saturated heterocycles. The van der Waals surface area contributed by atoms with E-state index >= 15 is 0 Å². The van der Waals surface area contributed by atoms with Crippen LogP contribution in [0, 0.1) is 12.8 Å². The van der Waals surface area contributed by atoms with Gasteiger partial charge in [-0.05, 0) is 31.0 Å². The quantitative estimate of drug-likeness (QED) is 0.852. The third kappa shape index (κ3) is 4.79. The molecule has 2 aromatic rings. The van der Waals surface area contributed by atoms with E-state index in [1.165, 1.54) is 10.4 Å². The summed E-state index contributed by atoms with van der Waals surface area (Å²) < 4.78 is 0. The Balaban J connectivity index is 1.97. The van der Waals surface area contributed by atoms with E-state index in [0.29, 0.717) is 5.92 Å². The predicted octanol–water partition coefficient (Wildman–Crippen LogP) is 3.23. The fourth-order valence-corrected chi connectivity index (χ4v) is 3.04. The van der Waals surface area contributed by atoms with Crippen molar-refractivity contribution in [1.82, 2.24) is 15.3 Å². The molecule has 0 amide bonds. The zero-order valence-electron chi connectivity index (χ0n) is 13.3. The van der Waals surface area contributed by atoms with E-state index in [0.717, 1.165) is 30.5 Å². The Bertz CT molecular complexity index is 551. The van der Waals surface area contributed by atoms with Crippen molar-refractivity contribution >= 4 is 16.5 Å². The van der Waals surface area contributed by atoms with Crippen LogP contribution in [0.4, 0.5) is 5.13 Å². The molecule has 114 valence electrons. The molecule has 0 aliphatic heterocycles. The summed E-state index contributed by atoms with van der Waals surface area (Å²) in [5.41, 5.74) is 2.33. The maximum Gasteiger partial charge on any atom is 0.185 e. The molecular weight excluding hydrogens is 280 g/mol. The third-order valence-electron chi connectivity index (χ3n) is 3.19. The number of aryl methyl sites for hydroxylation is 1. The van der Waals surface area contributed by atoms with E-state index < -0.39 is 0 Å². The Morgan fingerprint density at radius 2 is 2.19 bits per heavy atom. The molecule has 5 heteroatoms. The van der Waals surface area contributed by atoms with Crippen LogP contribution < -0.4 is 10.2 Å². The lowest BCUT2D eigenvalue weighted by atomic mass is 10.2. The maximum atomic E-state index is 4.69. The van der Waals surface area contributed by atoms with Gasteiger partial charge in [0.05, 0.1) is 5.69 Å². The topological polar surface area (TPSA) is 41.1 Å². The highest BCUT2D eigenvalue weighted by Gasteiger charge is 2.11. The lowest BCUT2D eigenvalue weighted by molar-refractivity contribution is 0.554. The van der Waals surface area contributed by atoms with Gasteiger partial charge in [0.15, 0.2) is 5.13 Å². The van der Waals surface area contributed by atoms with Gasteiger partial charge in [-0.3, -0.25) is 4.98 Å². The van der Waals surface area contributed by atoms with Crippen LogP contribution in [0.2, 0.25) is 0 Å². The summed E-state index contributed by atoms with van der Waals surface area (Å²) in [4.78, 5) is 12.4. The SMILES string of the molecule is Cc1nc(N(C)Cc2cccnc2)sc1CNCC(C)C. The first-order chi connectivity index (χ1) is 10.1. The second kappa shape index (κ2) is 7.52. The van der Waals surface area contributed by atoms with Crippen molar-refractivity contribution < 1.29 is 0 Å². The Labute approximate surface area is 131 Å². The van der Waals surface area contributed by atoms with Crippen LogP contribution in [0.15, 0.2) is 24.5 Å². The van der Waals surface area contributed by atoms with Crippen LogP contribution in [-0.4, -0.2) is 23.6 Å². The van der Waals surface area contributed by atoms with Gasteiger partial charge in [-0.2, -0.15) is 0 Å². The molecule has 0 aromatic carbocycles. The van der Waals surface area contributed by atoms with Gasteiger partial charge in [0.1, 0.15) is 0 Å². The summed E-state index contributed by atoms with van der Waals surface area (Å²) in [7, 11) is 2.08. The summed E-state index contributed by atoms with van der Waals surface area (Å²) in [5.74, 6) is 0.672. The Kier molecular flexibility index (Phi) is 5.70. The van der Waals surface area contributed by atoms with E-state index in [1.54, 1.807) is 17.5 Å². The molecule has 1 N–H and O–H groups in total. The Morgan fingerprint density at radius 3 is 2.86 bits per heavy atom. The number of pyridine rings is 1. The minimum absolute atomic E-state index is 0.672. The highest BCUT2D eigenvalue weighted by Crippen LogP contribution is 2.26. The molecule has 0 atom stereocenters. The van der Waals surface area contributed by atoms with E-state index in [2.05, 4.69) is 54.1 Å². The van der Waals surface area contributed by atoms with E-state index in [1.807, 2.05) is 12.3 Å². The van der Waals surface area contributed by atoms with Gasteiger partial charge >= 0.3 is 0 Å². The predicted molar refractivity (Wildman–Crippen MR) is 89.7 cm³/mol. The van der Waals surface area contributed by atoms with Crippen LogP contribution in [0.5, 0.6) is 0 Å². The van der Waals surface area contributed by atoms with Crippen LogP contribution in [-0.2, 0) is 13.1 Å². The molecular formula is C16H24N4S. The normalized spacial score (nSPS) is 11.1. The molecule has 2 rings (SSSR count). The summed E-state index contributed by atoms with van der Waals surface area (Å²) >= 11 is 1.77. The van der Waals surface area contributed by atoms with Gasteiger partial charge in [-0.15, -0.1) is 11.3 Å². The van der Waals surface area contributed by atoms with Gasteiger partial charge in [0.25, 0.3) is 0 Å². The number of nitrogens with one attached hydrogen (secondary N) is 1. The first-order valence-corrected chi connectivity index (χ1v) is 8.15. The molecule has 4 nitrogen and oxygen atoms in total. The lowest BCUT2D eigenvalue weighted by Crippen LogP contribution is -2.18. The number of aromatic nitrogens is 2. The van der Waals surface area contributed by atoms with Crippen molar-refractivity contribution in [3.05, 3.63) is 40.7 Å². The van der Waals surface area contributed by atoms with Crippen LogP contribution >= 0.6 is 11.3 Å². The molecule has 2 heterocycles. The minimum Gasteiger partial charge on any atom is -0.347 e. The van der Waals surface area contributed by atoms with E-state index in [9.17, 15) is 0 Å². The molecule has 0 fully saturated rings. The molecule has 0 bridgehead atoms. The smallest absolute Gasteiger partial charge is 0.185 e. The average Bonchev–Trinajstić information content (AvgIpc) is 2.81. The molecule has 2 aromatic heterocycles. The van der Waals surface area contributed by atoms with Crippen LogP contribution in [0.3, 0.4) is 0 Å². The fraction of sp³-hybridized carbons (Fsp3) is 0.500. The van der Waals surface area contributed by atoms with Crippen molar-refractivity contribution in [3.63, 3.8) is 0 Å². The maximum absolute atomic E-state index is 4.69. The first-order valence-electron chi connectivity index (χ1n) is 7.33. The highest BCUT2D eigenvalue weighted by atomic mass is 32.1. The molecule has 21 heavy (non-hydrogen) atoms. The van der Waals surface area contributed by atoms with Crippen LogP contribution in [0.1, 0.15) is 30.0 Å². The zero-order valence-corrected chi connectivity index (χ0v) is 14.1. The number of anilines is 1. The summed E-state index contributed by atoms with van der Waals surface area (Å²) in [6.45, 7) is 9.31. The zero-order chi connectivity index (χ0) is 15.2. The molecule has 0 saturated carbocycles. The largest absolute Gasteiger partial charge is 0.347 e. The number of thiazole rings is 1. The third-order valence-corrected chi connectivity index (χ3v) is 4.46. The van der Waals surface area contributed by atoms with Crippen molar-refractivity contribution in [2.75, 3.05) is 18.5 Å². The van der Waals surface area contributed by atoms with Gasteiger partial charge in [0.2, 0.25) is 0 Å². The monoisotopic (exact) mass is 304 g/mol. The van der Waals surface area contributed by atoms with Crippen molar-refractivity contribution in [1.29, 1.82) is 0 Å². The van der Waals surface area contributed by atoms with Crippen molar-refractivity contribution in [2.24, 2.45) is 5.92 Å². The fourth-order valence-electron chi connectivity index (χ4n) is 2.05. The van der Waals surface area contributed by atoms with Gasteiger partial charge in [-0.25, -0.2) is 4.98 Å². The number of rotatable bonds is 7. The standard InChI is InChI=1S/C16H24N4S/c1-12(2)8-18-10-15-13(3)19-16(21-15)20(4)11-14-6-5-7-17-9-14/h5-7,9,12,18H,8,10-11H2,1-4H3. The molecule has 0 spiro atoms. The average molecular weight is 304 g/mol. The molecule has 0 unspecified atom stereocenters. The van der Waals surface area contributed by atoms with E-state index in [4.69, 9.17) is 0 Å². The number of hydrogen-bond acceptors (Lipinski definition) is 5. The number of hydrogen-bond donors (Lipinski definition) is 1. The van der Waals surface area contributed by atoms with E-state index in [-0.39, 0.29) is 0 Å². The Morgan fingerprint density at radius 1 is 1.38 bits per heavy atom. The summed E-state index contributed by atoms with van der Waals surface area (Å²) in [5, 5.41) is 4.55. The molecule has 0 radical (unpaired) electrons. The number of nitrogens with zero attached hydrogens (tertiary/aromatic N) is 3. The second-order valence-corrected chi connectivity index (χ2v) is 6.81. The first kappa shape index (κ1) is 15.9. The van der Waals surface area contributed by atoms with Crippen LogP contribution in [0.25, 0.3) is 0 Å². The lowest BCUT2D eigenvalue weighted by Gasteiger charge is -2.15. The molecule has 0 aliphatic rings. The van der Waals surface area contributed by atoms with Gasteiger partial charge < -0.3 is 10.2 Å². The second-order valence-electron chi connectivity index (χ2n) is 5.75. The van der Waals surface area contributed by atoms with Crippen molar-refractivity contribution in [2.45, 2.75) is 33.9 Å². The Hall–Kier alpha value is -1.46. The van der Waals surface area contributed by atoms with Gasteiger partial charge in [-0.1, -0.05) is 19.9 Å². The highest BCUT2D eigenvalue weighted by molar-refractivity contribution is 7.15.